The number of piperidine rings is 1. The van der Waals surface area contributed by atoms with Crippen LogP contribution in [0.25, 0.3) is 11.1 Å². The number of hydrogen-bond acceptors (Lipinski definition) is 4. The number of likely N-dealkylation sites (tertiary alicyclic amines) is 1. The SMILES string of the molecule is CCCc1ccc(/C(=C2/C(=O)Nc3ccc(NC4CCN(CC)CC4)cc32)c2ncc[nH]2)cc1. The van der Waals surface area contributed by atoms with E-state index in [0.717, 1.165) is 73.4 Å². The summed E-state index contributed by atoms with van der Waals surface area (Å²) in [4.78, 5) is 23.5. The Balaban J connectivity index is 1.52. The molecule has 1 saturated heterocycles. The van der Waals surface area contributed by atoms with Crippen molar-refractivity contribution in [1.29, 1.82) is 0 Å². The highest BCUT2D eigenvalue weighted by Gasteiger charge is 2.30. The van der Waals surface area contributed by atoms with Crippen LogP contribution in [-0.4, -0.2) is 46.5 Å². The molecule has 34 heavy (non-hydrogen) atoms. The minimum atomic E-state index is -0.0903. The first-order valence-corrected chi connectivity index (χ1v) is 12.4. The molecule has 3 N–H and O–H groups in total. The van der Waals surface area contributed by atoms with Crippen LogP contribution in [0.1, 0.15) is 55.6 Å². The lowest BCUT2D eigenvalue weighted by Gasteiger charge is -2.32. The van der Waals surface area contributed by atoms with Gasteiger partial charge in [-0.05, 0) is 55.1 Å². The monoisotopic (exact) mass is 455 g/mol. The highest BCUT2D eigenvalue weighted by Crippen LogP contribution is 2.40. The average molecular weight is 456 g/mol. The Kier molecular flexibility index (Phi) is 6.50. The first-order chi connectivity index (χ1) is 16.7. The van der Waals surface area contributed by atoms with Gasteiger partial charge in [0, 0.05) is 54.0 Å². The van der Waals surface area contributed by atoms with E-state index < -0.39 is 0 Å². The molecule has 6 heteroatoms. The van der Waals surface area contributed by atoms with Crippen LogP contribution >= 0.6 is 0 Å². The maximum atomic E-state index is 13.2. The summed E-state index contributed by atoms with van der Waals surface area (Å²) in [5.74, 6) is 0.610. The molecule has 0 aliphatic carbocycles. The maximum Gasteiger partial charge on any atom is 0.257 e. The molecule has 1 fully saturated rings. The van der Waals surface area contributed by atoms with Gasteiger partial charge in [0.15, 0.2) is 0 Å². The van der Waals surface area contributed by atoms with E-state index in [4.69, 9.17) is 0 Å². The Labute approximate surface area is 201 Å². The van der Waals surface area contributed by atoms with Gasteiger partial charge in [-0.3, -0.25) is 4.79 Å². The summed E-state index contributed by atoms with van der Waals surface area (Å²) in [6, 6.07) is 15.1. The Morgan fingerprint density at radius 2 is 1.91 bits per heavy atom. The van der Waals surface area contributed by atoms with E-state index >= 15 is 0 Å². The van der Waals surface area contributed by atoms with Crippen molar-refractivity contribution in [2.75, 3.05) is 30.3 Å². The molecule has 2 aromatic carbocycles. The van der Waals surface area contributed by atoms with E-state index in [-0.39, 0.29) is 5.91 Å². The number of aromatic amines is 1. The van der Waals surface area contributed by atoms with Crippen LogP contribution in [0, 0.1) is 0 Å². The van der Waals surface area contributed by atoms with E-state index in [2.05, 4.69) is 75.7 Å². The molecule has 176 valence electrons. The van der Waals surface area contributed by atoms with Crippen molar-refractivity contribution in [1.82, 2.24) is 14.9 Å². The van der Waals surface area contributed by atoms with E-state index in [9.17, 15) is 4.79 Å². The van der Waals surface area contributed by atoms with Gasteiger partial charge in [-0.2, -0.15) is 0 Å². The first-order valence-electron chi connectivity index (χ1n) is 12.4. The number of imidazole rings is 1. The number of carbonyl (C=O) groups excluding carboxylic acids is 1. The molecule has 6 nitrogen and oxygen atoms in total. The molecule has 5 rings (SSSR count). The summed E-state index contributed by atoms with van der Waals surface area (Å²) in [5.41, 5.74) is 6.60. The van der Waals surface area contributed by atoms with Gasteiger partial charge in [-0.15, -0.1) is 0 Å². The molecule has 3 aromatic rings. The van der Waals surface area contributed by atoms with E-state index in [1.165, 1.54) is 5.56 Å². The summed E-state index contributed by atoms with van der Waals surface area (Å²) in [7, 11) is 0. The lowest BCUT2D eigenvalue weighted by atomic mass is 9.93. The zero-order valence-corrected chi connectivity index (χ0v) is 20.0. The Hall–Kier alpha value is -3.38. The third-order valence-corrected chi connectivity index (χ3v) is 6.94. The molecular formula is C28H33N5O. The van der Waals surface area contributed by atoms with E-state index in [1.807, 2.05) is 6.07 Å². The molecule has 2 aliphatic heterocycles. The number of H-pyrrole nitrogens is 1. The minimum absolute atomic E-state index is 0.0903. The number of amides is 1. The van der Waals surface area contributed by atoms with Crippen molar-refractivity contribution < 1.29 is 4.79 Å². The summed E-state index contributed by atoms with van der Waals surface area (Å²) in [6.45, 7) is 7.77. The van der Waals surface area contributed by atoms with Crippen LogP contribution < -0.4 is 10.6 Å². The van der Waals surface area contributed by atoms with Crippen LogP contribution in [-0.2, 0) is 11.2 Å². The highest BCUT2D eigenvalue weighted by atomic mass is 16.2. The van der Waals surface area contributed by atoms with Gasteiger partial charge in [-0.1, -0.05) is 44.5 Å². The summed E-state index contributed by atoms with van der Waals surface area (Å²) < 4.78 is 0. The zero-order valence-electron chi connectivity index (χ0n) is 20.0. The fourth-order valence-electron chi connectivity index (χ4n) is 5.06. The van der Waals surface area contributed by atoms with E-state index in [1.54, 1.807) is 12.4 Å². The van der Waals surface area contributed by atoms with Gasteiger partial charge in [0.25, 0.3) is 5.91 Å². The van der Waals surface area contributed by atoms with Crippen molar-refractivity contribution in [2.24, 2.45) is 0 Å². The van der Waals surface area contributed by atoms with Crippen molar-refractivity contribution in [3.05, 3.63) is 77.4 Å². The molecule has 3 heterocycles. The van der Waals surface area contributed by atoms with Crippen molar-refractivity contribution in [3.8, 4) is 0 Å². The Morgan fingerprint density at radius 1 is 1.12 bits per heavy atom. The number of fused-ring (bicyclic) bond motifs is 1. The average Bonchev–Trinajstić information content (AvgIpc) is 3.50. The van der Waals surface area contributed by atoms with Gasteiger partial charge >= 0.3 is 0 Å². The van der Waals surface area contributed by atoms with Crippen LogP contribution in [0.3, 0.4) is 0 Å². The van der Waals surface area contributed by atoms with Crippen LogP contribution in [0.5, 0.6) is 0 Å². The van der Waals surface area contributed by atoms with Gasteiger partial charge < -0.3 is 20.5 Å². The second kappa shape index (κ2) is 9.85. The number of nitrogens with zero attached hydrogens (tertiary/aromatic N) is 2. The van der Waals surface area contributed by atoms with Gasteiger partial charge in [0.2, 0.25) is 0 Å². The number of carbonyl (C=O) groups is 1. The number of anilines is 2. The number of aryl methyl sites for hydroxylation is 1. The molecule has 1 aromatic heterocycles. The maximum absolute atomic E-state index is 13.2. The predicted molar refractivity (Wildman–Crippen MR) is 139 cm³/mol. The normalized spacial score (nSPS) is 18.0. The molecule has 0 bridgehead atoms. The fourth-order valence-corrected chi connectivity index (χ4v) is 5.06. The van der Waals surface area contributed by atoms with Gasteiger partial charge in [0.05, 0.1) is 5.57 Å². The quantitative estimate of drug-likeness (QED) is 0.430. The molecular weight excluding hydrogens is 422 g/mol. The Morgan fingerprint density at radius 3 is 2.59 bits per heavy atom. The molecule has 1 amide bonds. The smallest absolute Gasteiger partial charge is 0.257 e. The molecule has 0 atom stereocenters. The topological polar surface area (TPSA) is 73.1 Å². The fraction of sp³-hybridized carbons (Fsp3) is 0.357. The lowest BCUT2D eigenvalue weighted by molar-refractivity contribution is -0.110. The van der Waals surface area contributed by atoms with Crippen LogP contribution in [0.15, 0.2) is 54.9 Å². The highest BCUT2D eigenvalue weighted by molar-refractivity contribution is 6.38. The lowest BCUT2D eigenvalue weighted by Crippen LogP contribution is -2.38. The van der Waals surface area contributed by atoms with Gasteiger partial charge in [-0.25, -0.2) is 4.98 Å². The van der Waals surface area contributed by atoms with Crippen molar-refractivity contribution in [2.45, 2.75) is 45.6 Å². The third-order valence-electron chi connectivity index (χ3n) is 6.94. The summed E-state index contributed by atoms with van der Waals surface area (Å²) in [5, 5.41) is 6.78. The van der Waals surface area contributed by atoms with Gasteiger partial charge in [0.1, 0.15) is 5.82 Å². The predicted octanol–water partition coefficient (Wildman–Crippen LogP) is 5.17. The second-order valence-corrected chi connectivity index (χ2v) is 9.20. The number of nitrogens with one attached hydrogen (secondary N) is 3. The molecule has 0 saturated carbocycles. The number of rotatable bonds is 7. The molecule has 2 aliphatic rings. The number of benzene rings is 2. The Bertz CT molecular complexity index is 1170. The zero-order chi connectivity index (χ0) is 23.5. The second-order valence-electron chi connectivity index (χ2n) is 9.20. The van der Waals surface area contributed by atoms with Crippen molar-refractivity contribution in [3.63, 3.8) is 0 Å². The molecule has 0 spiro atoms. The van der Waals surface area contributed by atoms with Crippen LogP contribution in [0.2, 0.25) is 0 Å². The molecule has 0 radical (unpaired) electrons. The third kappa shape index (κ3) is 4.50. The minimum Gasteiger partial charge on any atom is -0.382 e. The van der Waals surface area contributed by atoms with Crippen molar-refractivity contribution >= 4 is 28.4 Å². The molecule has 0 unspecified atom stereocenters. The summed E-state index contributed by atoms with van der Waals surface area (Å²) in [6.07, 6.45) is 7.95. The van der Waals surface area contributed by atoms with Crippen LogP contribution in [0.4, 0.5) is 11.4 Å². The number of hydrogen-bond donors (Lipinski definition) is 3. The largest absolute Gasteiger partial charge is 0.382 e. The van der Waals surface area contributed by atoms with E-state index in [0.29, 0.717) is 17.4 Å². The summed E-state index contributed by atoms with van der Waals surface area (Å²) >= 11 is 0. The number of aromatic nitrogens is 2. The first kappa shape index (κ1) is 22.4. The standard InChI is InChI=1S/C28H33N5O/c1-3-5-19-6-8-20(9-7-19)25(27-29-14-15-30-27)26-23-18-22(10-11-24(23)32-28(26)34)31-21-12-16-33(4-2)17-13-21/h6-11,14-15,18,21,31H,3-5,12-13,16-17H2,1-2H3,(H,29,30)(H,32,34)/b26-25-.